The largest absolute Gasteiger partial charge is 0.385 e. The predicted molar refractivity (Wildman–Crippen MR) is 61.0 cm³/mol. The van der Waals surface area contributed by atoms with Crippen LogP contribution in [0.2, 0.25) is 0 Å². The molecule has 1 nitrogen and oxygen atoms in total. The summed E-state index contributed by atoms with van der Waals surface area (Å²) < 4.78 is 39.9. The normalized spacial score (nSPS) is 19.4. The third-order valence-corrected chi connectivity index (χ3v) is 3.86. The Kier molecular flexibility index (Phi) is 3.50. The molecule has 0 radical (unpaired) electrons. The molecule has 94 valence electrons. The molecule has 1 aromatic rings. The second-order valence-electron chi connectivity index (χ2n) is 4.44. The van der Waals surface area contributed by atoms with E-state index in [9.17, 15) is 18.3 Å². The molecule has 1 aromatic carbocycles. The van der Waals surface area contributed by atoms with E-state index in [0.717, 1.165) is 25.3 Å². The van der Waals surface area contributed by atoms with Gasteiger partial charge in [0.05, 0.1) is 10.1 Å². The lowest BCUT2D eigenvalue weighted by Crippen LogP contribution is -2.30. The second kappa shape index (κ2) is 4.61. The van der Waals surface area contributed by atoms with Gasteiger partial charge in [-0.05, 0) is 34.8 Å². The van der Waals surface area contributed by atoms with Gasteiger partial charge in [-0.25, -0.2) is 13.2 Å². The summed E-state index contributed by atoms with van der Waals surface area (Å²) in [5, 5.41) is 10.3. The SMILES string of the molecule is OC1(c2cc(Br)c(F)c(F)c2F)CCCCC1. The van der Waals surface area contributed by atoms with Gasteiger partial charge in [-0.1, -0.05) is 19.3 Å². The van der Waals surface area contributed by atoms with E-state index >= 15 is 0 Å². The summed E-state index contributed by atoms with van der Waals surface area (Å²) in [6.45, 7) is 0. The van der Waals surface area contributed by atoms with Crippen LogP contribution >= 0.6 is 15.9 Å². The number of benzene rings is 1. The van der Waals surface area contributed by atoms with Gasteiger partial charge in [0.15, 0.2) is 17.5 Å². The Morgan fingerprint density at radius 2 is 1.59 bits per heavy atom. The molecule has 2 rings (SSSR count). The van der Waals surface area contributed by atoms with Crippen LogP contribution in [0.15, 0.2) is 10.5 Å². The summed E-state index contributed by atoms with van der Waals surface area (Å²) in [7, 11) is 0. The number of hydrogen-bond donors (Lipinski definition) is 1. The smallest absolute Gasteiger partial charge is 0.195 e. The first-order valence-electron chi connectivity index (χ1n) is 5.51. The highest BCUT2D eigenvalue weighted by Crippen LogP contribution is 2.40. The van der Waals surface area contributed by atoms with Gasteiger partial charge in [-0.15, -0.1) is 0 Å². The molecule has 0 heterocycles. The third-order valence-electron chi connectivity index (χ3n) is 3.28. The van der Waals surface area contributed by atoms with Gasteiger partial charge in [0.2, 0.25) is 0 Å². The van der Waals surface area contributed by atoms with Crippen molar-refractivity contribution >= 4 is 15.9 Å². The van der Waals surface area contributed by atoms with E-state index in [0.29, 0.717) is 12.8 Å². The monoisotopic (exact) mass is 308 g/mol. The van der Waals surface area contributed by atoms with Crippen LogP contribution in [0.25, 0.3) is 0 Å². The molecule has 0 unspecified atom stereocenters. The molecule has 1 saturated carbocycles. The van der Waals surface area contributed by atoms with E-state index in [1.54, 1.807) is 0 Å². The minimum atomic E-state index is -1.53. The Balaban J connectivity index is 2.51. The summed E-state index contributed by atoms with van der Waals surface area (Å²) >= 11 is 2.83. The van der Waals surface area contributed by atoms with Gasteiger partial charge in [-0.3, -0.25) is 0 Å². The molecule has 0 amide bonds. The lowest BCUT2D eigenvalue weighted by Gasteiger charge is -2.33. The molecule has 1 N–H and O–H groups in total. The summed E-state index contributed by atoms with van der Waals surface area (Å²) in [4.78, 5) is 0. The maximum Gasteiger partial charge on any atom is 0.195 e. The summed E-state index contributed by atoms with van der Waals surface area (Å²) in [6.07, 6.45) is 3.23. The van der Waals surface area contributed by atoms with Gasteiger partial charge in [0.1, 0.15) is 0 Å². The minimum absolute atomic E-state index is 0.150. The zero-order valence-electron chi connectivity index (χ0n) is 9.07. The molecule has 1 fully saturated rings. The van der Waals surface area contributed by atoms with Crippen molar-refractivity contribution in [2.24, 2.45) is 0 Å². The quantitative estimate of drug-likeness (QED) is 0.614. The molecule has 0 bridgehead atoms. The van der Waals surface area contributed by atoms with Crippen molar-refractivity contribution < 1.29 is 18.3 Å². The van der Waals surface area contributed by atoms with Gasteiger partial charge in [-0.2, -0.15) is 0 Å². The standard InChI is InChI=1S/C12H12BrF3O/c13-8-6-7(9(14)11(16)10(8)15)12(17)4-2-1-3-5-12/h6,17H,1-5H2. The fraction of sp³-hybridized carbons (Fsp3) is 0.500. The molecular formula is C12H12BrF3O. The maximum atomic E-state index is 13.7. The van der Waals surface area contributed by atoms with Crippen molar-refractivity contribution in [1.29, 1.82) is 0 Å². The third kappa shape index (κ3) is 2.22. The van der Waals surface area contributed by atoms with Crippen molar-refractivity contribution in [2.75, 3.05) is 0 Å². The van der Waals surface area contributed by atoms with E-state index in [-0.39, 0.29) is 10.0 Å². The zero-order valence-corrected chi connectivity index (χ0v) is 10.7. The van der Waals surface area contributed by atoms with Gasteiger partial charge in [0.25, 0.3) is 0 Å². The van der Waals surface area contributed by atoms with Crippen molar-refractivity contribution in [3.05, 3.63) is 33.6 Å². The molecule has 5 heteroatoms. The maximum absolute atomic E-state index is 13.7. The first-order valence-corrected chi connectivity index (χ1v) is 6.31. The van der Waals surface area contributed by atoms with Crippen molar-refractivity contribution in [2.45, 2.75) is 37.7 Å². The molecule has 0 aromatic heterocycles. The Bertz CT molecular complexity index is 442. The molecule has 0 saturated heterocycles. The molecule has 0 aliphatic heterocycles. The van der Waals surface area contributed by atoms with E-state index in [4.69, 9.17) is 0 Å². The molecule has 0 spiro atoms. The zero-order chi connectivity index (χ0) is 12.6. The number of aliphatic hydroxyl groups is 1. The molecule has 17 heavy (non-hydrogen) atoms. The van der Waals surface area contributed by atoms with Crippen LogP contribution in [0.4, 0.5) is 13.2 Å². The van der Waals surface area contributed by atoms with Crippen LogP contribution in [-0.2, 0) is 5.60 Å². The van der Waals surface area contributed by atoms with Crippen LogP contribution < -0.4 is 0 Å². The van der Waals surface area contributed by atoms with Crippen molar-refractivity contribution in [3.8, 4) is 0 Å². The first kappa shape index (κ1) is 12.9. The Morgan fingerprint density at radius 1 is 1.00 bits per heavy atom. The Morgan fingerprint density at radius 3 is 2.18 bits per heavy atom. The Labute approximate surface area is 106 Å². The Hall–Kier alpha value is -0.550. The summed E-state index contributed by atoms with van der Waals surface area (Å²) in [6, 6.07) is 1.14. The summed E-state index contributed by atoms with van der Waals surface area (Å²) in [5.41, 5.74) is -1.53. The van der Waals surface area contributed by atoms with Crippen LogP contribution in [-0.4, -0.2) is 5.11 Å². The molecule has 1 aliphatic rings. The number of halogens is 4. The van der Waals surface area contributed by atoms with Crippen LogP contribution in [0, 0.1) is 17.5 Å². The topological polar surface area (TPSA) is 20.2 Å². The average Bonchev–Trinajstić information content (AvgIpc) is 2.32. The predicted octanol–water partition coefficient (Wildman–Crippen LogP) is 4.02. The molecular weight excluding hydrogens is 297 g/mol. The van der Waals surface area contributed by atoms with Gasteiger partial charge in [0, 0.05) is 5.56 Å². The first-order chi connectivity index (χ1) is 7.96. The fourth-order valence-electron chi connectivity index (χ4n) is 2.32. The van der Waals surface area contributed by atoms with Gasteiger partial charge >= 0.3 is 0 Å². The number of hydrogen-bond acceptors (Lipinski definition) is 1. The van der Waals surface area contributed by atoms with E-state index in [2.05, 4.69) is 15.9 Å². The molecule has 1 aliphatic carbocycles. The van der Waals surface area contributed by atoms with Crippen LogP contribution in [0.3, 0.4) is 0 Å². The van der Waals surface area contributed by atoms with Crippen LogP contribution in [0.5, 0.6) is 0 Å². The van der Waals surface area contributed by atoms with E-state index in [1.807, 2.05) is 0 Å². The lowest BCUT2D eigenvalue weighted by atomic mass is 9.79. The van der Waals surface area contributed by atoms with Crippen molar-refractivity contribution in [1.82, 2.24) is 0 Å². The van der Waals surface area contributed by atoms with Crippen molar-refractivity contribution in [3.63, 3.8) is 0 Å². The second-order valence-corrected chi connectivity index (χ2v) is 5.29. The highest BCUT2D eigenvalue weighted by molar-refractivity contribution is 9.10. The van der Waals surface area contributed by atoms with E-state index in [1.165, 1.54) is 0 Å². The highest BCUT2D eigenvalue weighted by atomic mass is 79.9. The molecule has 0 atom stereocenters. The van der Waals surface area contributed by atoms with Gasteiger partial charge < -0.3 is 5.11 Å². The van der Waals surface area contributed by atoms with E-state index < -0.39 is 23.1 Å². The number of rotatable bonds is 1. The van der Waals surface area contributed by atoms with Crippen LogP contribution in [0.1, 0.15) is 37.7 Å². The minimum Gasteiger partial charge on any atom is -0.385 e. The lowest BCUT2D eigenvalue weighted by molar-refractivity contribution is -0.00452. The highest BCUT2D eigenvalue weighted by Gasteiger charge is 2.36. The average molecular weight is 309 g/mol. The summed E-state index contributed by atoms with van der Waals surface area (Å²) in [5.74, 6) is -4.07. The fourth-order valence-corrected chi connectivity index (χ4v) is 2.72.